The van der Waals surface area contributed by atoms with Gasteiger partial charge in [0.25, 0.3) is 0 Å². The maximum atomic E-state index is 5.50. The normalized spacial score (nSPS) is 15.8. The summed E-state index contributed by atoms with van der Waals surface area (Å²) in [7, 11) is 26.9. The molecule has 0 aromatic heterocycles. The van der Waals surface area contributed by atoms with Crippen molar-refractivity contribution in [2.45, 2.75) is 0 Å². The largest absolute Gasteiger partial charge is 0.139 e. The fourth-order valence-electron chi connectivity index (χ4n) is 0.460. The number of hydrogen-bond acceptors (Lipinski definition) is 0. The summed E-state index contributed by atoms with van der Waals surface area (Å²) < 4.78 is 0. The van der Waals surface area contributed by atoms with E-state index < -0.39 is 0 Å². The zero-order chi connectivity index (χ0) is 9.72. The smallest absolute Gasteiger partial charge is 0.113 e. The average molecular weight is 208 g/mol. The molecule has 0 N–H and O–H groups in total. The molecule has 0 atom stereocenters. The molecule has 0 aromatic rings. The Hall–Kier alpha value is 0.0247. The monoisotopic (exact) mass is 208 g/mol. The number of halogens is 1. The molecule has 0 spiro atoms. The van der Waals surface area contributed by atoms with Crippen LogP contribution >= 0.6 is 15.9 Å². The molecule has 0 saturated carbocycles. The van der Waals surface area contributed by atoms with Crippen molar-refractivity contribution >= 4 is 55.2 Å². The molecular formula is C6H2B5Br. The second-order valence-electron chi connectivity index (χ2n) is 2.01. The summed E-state index contributed by atoms with van der Waals surface area (Å²) in [5.41, 5.74) is 0.874. The molecule has 0 fully saturated rings. The third-order valence-electron chi connectivity index (χ3n) is 1.21. The van der Waals surface area contributed by atoms with E-state index >= 15 is 0 Å². The van der Waals surface area contributed by atoms with E-state index in [1.54, 1.807) is 0 Å². The van der Waals surface area contributed by atoms with Gasteiger partial charge in [-0.15, -0.1) is 22.4 Å². The fourth-order valence-corrected chi connectivity index (χ4v) is 0.706. The van der Waals surface area contributed by atoms with Crippen molar-refractivity contribution < 1.29 is 0 Å². The van der Waals surface area contributed by atoms with Crippen LogP contribution in [0.25, 0.3) is 0 Å². The number of allylic oxidation sites excluding steroid dienone is 4. The average Bonchev–Trinajstić information content (AvgIpc) is 2.12. The van der Waals surface area contributed by atoms with E-state index in [0.717, 1.165) is 5.98 Å². The molecule has 0 aromatic carbocycles. The van der Waals surface area contributed by atoms with Crippen molar-refractivity contribution in [2.75, 3.05) is 0 Å². The van der Waals surface area contributed by atoms with Crippen LogP contribution in [0.15, 0.2) is 32.9 Å². The van der Waals surface area contributed by atoms with Crippen molar-refractivity contribution in [3.8, 4) is 0 Å². The summed E-state index contributed by atoms with van der Waals surface area (Å²) in [5.74, 6) is 1.16. The first-order valence-corrected chi connectivity index (χ1v) is 3.95. The second-order valence-corrected chi connectivity index (χ2v) is 2.47. The standard InChI is InChI=1S/C6H2B5Br/c7-1-3(8)5(10)6(11)4(9)2-12/h1-2H/b3-1-,4-2-,6-5-. The van der Waals surface area contributed by atoms with E-state index in [9.17, 15) is 0 Å². The molecular weight excluding hydrogens is 206 g/mol. The predicted octanol–water partition coefficient (Wildman–Crippen LogP) is 0.118. The van der Waals surface area contributed by atoms with Gasteiger partial charge in [0.05, 0.1) is 0 Å². The van der Waals surface area contributed by atoms with Crippen LogP contribution in [0.4, 0.5) is 0 Å². The van der Waals surface area contributed by atoms with Gasteiger partial charge in [-0.2, -0.15) is 0 Å². The van der Waals surface area contributed by atoms with Gasteiger partial charge in [0.2, 0.25) is 0 Å². The van der Waals surface area contributed by atoms with Gasteiger partial charge in [0.15, 0.2) is 0 Å². The van der Waals surface area contributed by atoms with Gasteiger partial charge in [-0.3, -0.25) is 0 Å². The van der Waals surface area contributed by atoms with Gasteiger partial charge in [0, 0.05) is 0 Å². The Kier molecular flexibility index (Phi) is 5.64. The highest BCUT2D eigenvalue weighted by atomic mass is 79.9. The fraction of sp³-hybridized carbons (Fsp3) is 0. The lowest BCUT2D eigenvalue weighted by Crippen LogP contribution is -1.99. The third-order valence-corrected chi connectivity index (χ3v) is 1.70. The lowest BCUT2D eigenvalue weighted by molar-refractivity contribution is 1.73. The third kappa shape index (κ3) is 3.18. The van der Waals surface area contributed by atoms with E-state index in [-0.39, 0.29) is 16.4 Å². The van der Waals surface area contributed by atoms with Crippen LogP contribution in [0.1, 0.15) is 0 Å². The van der Waals surface area contributed by atoms with E-state index in [1.807, 2.05) is 0 Å². The Morgan fingerprint density at radius 1 is 0.917 bits per heavy atom. The molecule has 0 aliphatic heterocycles. The quantitative estimate of drug-likeness (QED) is 0.446. The zero-order valence-electron chi connectivity index (χ0n) is 6.42. The first-order valence-electron chi connectivity index (χ1n) is 3.03. The maximum Gasteiger partial charge on any atom is 0.113 e. The SMILES string of the molecule is [B]/C=C([B])/C([B])=C([B])\C([B])=C\Br. The Bertz CT molecular complexity index is 227. The van der Waals surface area contributed by atoms with Gasteiger partial charge >= 0.3 is 0 Å². The highest BCUT2D eigenvalue weighted by Gasteiger charge is 1.97. The lowest BCUT2D eigenvalue weighted by Gasteiger charge is -2.10. The Labute approximate surface area is 88.1 Å². The van der Waals surface area contributed by atoms with Gasteiger partial charge in [-0.1, -0.05) is 21.4 Å². The van der Waals surface area contributed by atoms with E-state index in [2.05, 4.69) is 15.9 Å². The van der Waals surface area contributed by atoms with E-state index in [4.69, 9.17) is 39.2 Å². The van der Waals surface area contributed by atoms with Crippen LogP contribution in [0.5, 0.6) is 0 Å². The van der Waals surface area contributed by atoms with Crippen LogP contribution in [-0.4, -0.2) is 39.2 Å². The first-order chi connectivity index (χ1) is 5.54. The minimum atomic E-state index is 0.172. The van der Waals surface area contributed by atoms with Crippen LogP contribution in [0.3, 0.4) is 0 Å². The summed E-state index contributed by atoms with van der Waals surface area (Å²) in [6.07, 6.45) is 0. The molecule has 0 heterocycles. The maximum absolute atomic E-state index is 5.50. The second kappa shape index (κ2) is 5.63. The van der Waals surface area contributed by atoms with Gasteiger partial charge in [0.1, 0.15) is 39.2 Å². The Balaban J connectivity index is 4.95. The summed E-state index contributed by atoms with van der Waals surface area (Å²) in [6.45, 7) is 0. The molecule has 12 heavy (non-hydrogen) atoms. The van der Waals surface area contributed by atoms with Crippen LogP contribution < -0.4 is 0 Å². The minimum absolute atomic E-state index is 0.172. The first kappa shape index (κ1) is 12.0. The van der Waals surface area contributed by atoms with Crippen LogP contribution in [0.2, 0.25) is 0 Å². The van der Waals surface area contributed by atoms with Crippen molar-refractivity contribution in [1.82, 2.24) is 0 Å². The molecule has 10 radical (unpaired) electrons. The molecule has 0 nitrogen and oxygen atoms in total. The summed E-state index contributed by atoms with van der Waals surface area (Å²) in [5, 5.41) is 0. The molecule has 0 saturated heterocycles. The van der Waals surface area contributed by atoms with Crippen molar-refractivity contribution in [3.63, 3.8) is 0 Å². The van der Waals surface area contributed by atoms with Crippen molar-refractivity contribution in [1.29, 1.82) is 0 Å². The molecule has 0 aliphatic carbocycles. The minimum Gasteiger partial charge on any atom is -0.139 e. The van der Waals surface area contributed by atoms with Crippen LogP contribution in [-0.2, 0) is 0 Å². The van der Waals surface area contributed by atoms with Crippen molar-refractivity contribution in [2.24, 2.45) is 0 Å². The number of hydrogen-bond donors (Lipinski definition) is 0. The summed E-state index contributed by atoms with van der Waals surface area (Å²) in [6, 6.07) is 0. The molecule has 6 heteroatoms. The Morgan fingerprint density at radius 3 is 1.67 bits per heavy atom. The van der Waals surface area contributed by atoms with Gasteiger partial charge < -0.3 is 0 Å². The zero-order valence-corrected chi connectivity index (χ0v) is 8.01. The van der Waals surface area contributed by atoms with E-state index in [0.29, 0.717) is 5.47 Å². The highest BCUT2D eigenvalue weighted by Crippen LogP contribution is 2.12. The molecule has 0 aliphatic rings. The summed E-state index contributed by atoms with van der Waals surface area (Å²) >= 11 is 3.01. The highest BCUT2D eigenvalue weighted by molar-refractivity contribution is 9.11. The van der Waals surface area contributed by atoms with Gasteiger partial charge in [-0.25, -0.2) is 0 Å². The molecule has 0 amide bonds. The molecule has 0 bridgehead atoms. The van der Waals surface area contributed by atoms with Crippen LogP contribution in [0, 0.1) is 0 Å². The molecule has 48 valence electrons. The summed E-state index contributed by atoms with van der Waals surface area (Å²) in [4.78, 5) is 1.44. The molecule has 0 unspecified atom stereocenters. The molecule has 0 rings (SSSR count). The number of rotatable bonds is 2. The van der Waals surface area contributed by atoms with Crippen molar-refractivity contribution in [3.05, 3.63) is 32.9 Å². The van der Waals surface area contributed by atoms with Gasteiger partial charge in [-0.05, 0) is 4.99 Å². The van der Waals surface area contributed by atoms with E-state index in [1.165, 1.54) is 4.99 Å². The lowest BCUT2D eigenvalue weighted by atomic mass is 9.64. The topological polar surface area (TPSA) is 0 Å². The predicted molar refractivity (Wildman–Crippen MR) is 60.9 cm³/mol. The Morgan fingerprint density at radius 2 is 1.33 bits per heavy atom.